The van der Waals surface area contributed by atoms with Gasteiger partial charge in [0, 0.05) is 22.5 Å². The quantitative estimate of drug-likeness (QED) is 0.539. The molecule has 0 saturated carbocycles. The predicted octanol–water partition coefficient (Wildman–Crippen LogP) is 4.78. The van der Waals surface area contributed by atoms with Crippen LogP contribution in [0.2, 0.25) is 10.2 Å². The summed E-state index contributed by atoms with van der Waals surface area (Å²) in [6, 6.07) is 5.00. The van der Waals surface area contributed by atoms with Crippen LogP contribution >= 0.6 is 23.2 Å². The molecule has 5 nitrogen and oxygen atoms in total. The number of carbonyl (C=O) groups is 2. The fourth-order valence-electron chi connectivity index (χ4n) is 2.93. The fourth-order valence-corrected chi connectivity index (χ4v) is 3.35. The number of rotatable bonds is 7. The minimum absolute atomic E-state index is 0.260. The molecule has 7 heteroatoms. The van der Waals surface area contributed by atoms with Gasteiger partial charge in [-0.05, 0) is 31.9 Å². The number of esters is 1. The van der Waals surface area contributed by atoms with E-state index in [2.05, 4.69) is 10.3 Å². The summed E-state index contributed by atoms with van der Waals surface area (Å²) in [7, 11) is 0. The third-order valence-corrected chi connectivity index (χ3v) is 4.95. The van der Waals surface area contributed by atoms with E-state index < -0.39 is 11.5 Å². The highest BCUT2D eigenvalue weighted by Gasteiger charge is 2.39. The number of carbonyl (C=O) groups excluding carboxylic acids is 2. The zero-order valence-electron chi connectivity index (χ0n) is 15.1. The van der Waals surface area contributed by atoms with Crippen molar-refractivity contribution in [3.63, 3.8) is 0 Å². The van der Waals surface area contributed by atoms with E-state index in [-0.39, 0.29) is 17.7 Å². The topological polar surface area (TPSA) is 68.3 Å². The monoisotopic (exact) mass is 396 g/mol. The molecule has 2 rings (SSSR count). The summed E-state index contributed by atoms with van der Waals surface area (Å²) in [5.41, 5.74) is -0.672. The number of nitrogens with one attached hydrogen (secondary N) is 1. The number of halogens is 2. The van der Waals surface area contributed by atoms with Crippen molar-refractivity contribution in [2.75, 3.05) is 6.61 Å². The predicted molar refractivity (Wildman–Crippen MR) is 104 cm³/mol. The first-order valence-electron chi connectivity index (χ1n) is 8.62. The number of fused-ring (bicyclic) bond motifs is 1. The van der Waals surface area contributed by atoms with Gasteiger partial charge in [0.25, 0.3) is 5.91 Å². The molecule has 0 fully saturated rings. The SMILES string of the molecule is CCCC(CC)(NC(=O)c1ccc2c(Cl)cnc(Cl)c2c1)C(=O)OCC. The number of hydrogen-bond donors (Lipinski definition) is 1. The average molecular weight is 397 g/mol. The summed E-state index contributed by atoms with van der Waals surface area (Å²) < 4.78 is 5.19. The number of hydrogen-bond acceptors (Lipinski definition) is 4. The summed E-state index contributed by atoms with van der Waals surface area (Å²) >= 11 is 12.3. The second-order valence-corrected chi connectivity index (χ2v) is 6.78. The maximum absolute atomic E-state index is 12.8. The molecule has 0 aliphatic rings. The molecule has 0 saturated heterocycles. The van der Waals surface area contributed by atoms with Crippen molar-refractivity contribution in [1.82, 2.24) is 10.3 Å². The van der Waals surface area contributed by atoms with Gasteiger partial charge >= 0.3 is 5.97 Å². The lowest BCUT2D eigenvalue weighted by Crippen LogP contribution is -2.54. The highest BCUT2D eigenvalue weighted by atomic mass is 35.5. The summed E-state index contributed by atoms with van der Waals surface area (Å²) in [6.07, 6.45) is 3.13. The van der Waals surface area contributed by atoms with Gasteiger partial charge in [-0.15, -0.1) is 0 Å². The van der Waals surface area contributed by atoms with Crippen molar-refractivity contribution < 1.29 is 14.3 Å². The summed E-state index contributed by atoms with van der Waals surface area (Å²) in [4.78, 5) is 29.3. The van der Waals surface area contributed by atoms with Crippen molar-refractivity contribution in [1.29, 1.82) is 0 Å². The van der Waals surface area contributed by atoms with Gasteiger partial charge in [0.2, 0.25) is 0 Å². The van der Waals surface area contributed by atoms with E-state index in [1.54, 1.807) is 25.1 Å². The molecular formula is C19H22Cl2N2O3. The Morgan fingerprint density at radius 3 is 2.54 bits per heavy atom. The Balaban J connectivity index is 2.39. The molecule has 1 aromatic carbocycles. The molecular weight excluding hydrogens is 375 g/mol. The molecule has 0 bridgehead atoms. The Morgan fingerprint density at radius 1 is 1.19 bits per heavy atom. The van der Waals surface area contributed by atoms with E-state index in [9.17, 15) is 9.59 Å². The summed E-state index contributed by atoms with van der Waals surface area (Å²) in [5.74, 6) is -0.785. The first-order chi connectivity index (χ1) is 12.4. The van der Waals surface area contributed by atoms with Gasteiger partial charge in [-0.25, -0.2) is 9.78 Å². The van der Waals surface area contributed by atoms with Crippen LogP contribution in [0, 0.1) is 0 Å². The van der Waals surface area contributed by atoms with Crippen LogP contribution in [-0.2, 0) is 9.53 Å². The molecule has 1 heterocycles. The third kappa shape index (κ3) is 4.10. The molecule has 1 atom stereocenters. The normalized spacial score (nSPS) is 13.3. The molecule has 0 radical (unpaired) electrons. The molecule has 0 spiro atoms. The highest BCUT2D eigenvalue weighted by Crippen LogP contribution is 2.29. The van der Waals surface area contributed by atoms with Crippen molar-refractivity contribution in [2.24, 2.45) is 0 Å². The largest absolute Gasteiger partial charge is 0.464 e. The van der Waals surface area contributed by atoms with Crippen LogP contribution in [0.3, 0.4) is 0 Å². The van der Waals surface area contributed by atoms with Crippen LogP contribution in [0.4, 0.5) is 0 Å². The lowest BCUT2D eigenvalue weighted by molar-refractivity contribution is -0.151. The van der Waals surface area contributed by atoms with E-state index in [1.807, 2.05) is 13.8 Å². The maximum Gasteiger partial charge on any atom is 0.331 e. The molecule has 2 aromatic rings. The van der Waals surface area contributed by atoms with E-state index in [1.165, 1.54) is 6.20 Å². The number of ether oxygens (including phenoxy) is 1. The lowest BCUT2D eigenvalue weighted by Gasteiger charge is -2.31. The van der Waals surface area contributed by atoms with Crippen LogP contribution in [0.1, 0.15) is 50.4 Å². The molecule has 1 unspecified atom stereocenters. The Labute approximate surface area is 163 Å². The zero-order chi connectivity index (χ0) is 19.3. The third-order valence-electron chi connectivity index (χ3n) is 4.35. The molecule has 1 N–H and O–H groups in total. The van der Waals surface area contributed by atoms with Crippen LogP contribution in [0.5, 0.6) is 0 Å². The minimum Gasteiger partial charge on any atom is -0.464 e. The molecule has 26 heavy (non-hydrogen) atoms. The van der Waals surface area contributed by atoms with Gasteiger partial charge in [0.05, 0.1) is 11.6 Å². The number of amides is 1. The number of benzene rings is 1. The molecule has 0 aliphatic heterocycles. The van der Waals surface area contributed by atoms with Crippen LogP contribution in [-0.4, -0.2) is 29.0 Å². The van der Waals surface area contributed by atoms with E-state index in [4.69, 9.17) is 27.9 Å². The van der Waals surface area contributed by atoms with Gasteiger partial charge in [-0.3, -0.25) is 4.79 Å². The molecule has 1 amide bonds. The molecule has 0 aliphatic carbocycles. The molecule has 1 aromatic heterocycles. The van der Waals surface area contributed by atoms with Crippen molar-refractivity contribution in [2.45, 2.75) is 45.6 Å². The van der Waals surface area contributed by atoms with Crippen LogP contribution in [0.25, 0.3) is 10.8 Å². The van der Waals surface area contributed by atoms with Crippen molar-refractivity contribution in [3.05, 3.63) is 40.1 Å². The van der Waals surface area contributed by atoms with Crippen LogP contribution < -0.4 is 5.32 Å². The van der Waals surface area contributed by atoms with Gasteiger partial charge < -0.3 is 10.1 Å². The van der Waals surface area contributed by atoms with Crippen molar-refractivity contribution >= 4 is 45.9 Å². The number of aromatic nitrogens is 1. The Hall–Kier alpha value is -1.85. The second kappa shape index (κ2) is 8.69. The lowest BCUT2D eigenvalue weighted by atomic mass is 9.90. The number of pyridine rings is 1. The first-order valence-corrected chi connectivity index (χ1v) is 9.37. The van der Waals surface area contributed by atoms with E-state index in [0.29, 0.717) is 34.2 Å². The highest BCUT2D eigenvalue weighted by molar-refractivity contribution is 6.39. The second-order valence-electron chi connectivity index (χ2n) is 6.02. The fraction of sp³-hybridized carbons (Fsp3) is 0.421. The standard InChI is InChI=1S/C19H22Cl2N2O3/c1-4-9-19(5-2,18(25)26-6-3)23-17(24)12-7-8-13-14(10-12)16(21)22-11-15(13)20/h7-8,10-11H,4-6,9H2,1-3H3,(H,23,24). The maximum atomic E-state index is 12.8. The minimum atomic E-state index is -1.05. The van der Waals surface area contributed by atoms with Gasteiger partial charge in [0.1, 0.15) is 10.7 Å². The van der Waals surface area contributed by atoms with E-state index >= 15 is 0 Å². The Morgan fingerprint density at radius 2 is 1.92 bits per heavy atom. The van der Waals surface area contributed by atoms with E-state index in [0.717, 1.165) is 6.42 Å². The smallest absolute Gasteiger partial charge is 0.331 e. The van der Waals surface area contributed by atoms with Gasteiger partial charge in [0.15, 0.2) is 0 Å². The van der Waals surface area contributed by atoms with Gasteiger partial charge in [-0.2, -0.15) is 0 Å². The summed E-state index contributed by atoms with van der Waals surface area (Å²) in [6.45, 7) is 5.82. The Kier molecular flexibility index (Phi) is 6.84. The molecule has 140 valence electrons. The summed E-state index contributed by atoms with van der Waals surface area (Å²) in [5, 5.41) is 4.89. The first kappa shape index (κ1) is 20.5. The Bertz CT molecular complexity index is 826. The average Bonchev–Trinajstić information content (AvgIpc) is 2.64. The number of nitrogens with zero attached hydrogens (tertiary/aromatic N) is 1. The van der Waals surface area contributed by atoms with Crippen LogP contribution in [0.15, 0.2) is 24.4 Å². The van der Waals surface area contributed by atoms with Crippen molar-refractivity contribution in [3.8, 4) is 0 Å². The van der Waals surface area contributed by atoms with Gasteiger partial charge in [-0.1, -0.05) is 49.5 Å². The zero-order valence-corrected chi connectivity index (χ0v) is 16.6.